The van der Waals surface area contributed by atoms with E-state index in [0.717, 1.165) is 17.7 Å². The maximum absolute atomic E-state index is 13.4. The van der Waals surface area contributed by atoms with E-state index in [2.05, 4.69) is 0 Å². The lowest BCUT2D eigenvalue weighted by molar-refractivity contribution is 0.263. The topological polar surface area (TPSA) is 59.1 Å². The van der Waals surface area contributed by atoms with E-state index in [9.17, 15) is 8.42 Å². The number of hydrogen-bond acceptors (Lipinski definition) is 4. The standard InChI is InChI=1S/C23H23NO4S/c1-18-7-5-6-8-19(18)17-29(25,26)24(20-9-3-2-4-10-20)21-11-13-22(14-12-21)27-15-23-16-28-23/h2-14,23H,15-17H2,1H3. The van der Waals surface area contributed by atoms with Gasteiger partial charge in [0.15, 0.2) is 0 Å². The van der Waals surface area contributed by atoms with Gasteiger partial charge in [0.25, 0.3) is 0 Å². The fourth-order valence-electron chi connectivity index (χ4n) is 3.10. The summed E-state index contributed by atoms with van der Waals surface area (Å²) in [5, 5.41) is 0. The maximum Gasteiger partial charge on any atom is 0.243 e. The second kappa shape index (κ2) is 8.27. The van der Waals surface area contributed by atoms with Crippen LogP contribution in [0.25, 0.3) is 0 Å². The summed E-state index contributed by atoms with van der Waals surface area (Å²) in [6.07, 6.45) is 0.171. The van der Waals surface area contributed by atoms with Gasteiger partial charge in [0, 0.05) is 0 Å². The SMILES string of the molecule is Cc1ccccc1CS(=O)(=O)N(c1ccccc1)c1ccc(OCC2CO2)cc1. The molecular formula is C23H23NO4S. The quantitative estimate of drug-likeness (QED) is 0.516. The predicted molar refractivity (Wildman–Crippen MR) is 114 cm³/mol. The summed E-state index contributed by atoms with van der Waals surface area (Å²) in [6, 6.07) is 23.8. The number of sulfonamides is 1. The molecule has 0 N–H and O–H groups in total. The first kappa shape index (κ1) is 19.5. The number of epoxide rings is 1. The molecule has 1 fully saturated rings. The van der Waals surface area contributed by atoms with Gasteiger partial charge >= 0.3 is 0 Å². The third-order valence-electron chi connectivity index (χ3n) is 4.78. The number of ether oxygens (including phenoxy) is 2. The van der Waals surface area contributed by atoms with Crippen molar-refractivity contribution >= 4 is 21.4 Å². The molecule has 0 amide bonds. The van der Waals surface area contributed by atoms with Gasteiger partial charge in [-0.25, -0.2) is 12.7 Å². The van der Waals surface area contributed by atoms with Gasteiger partial charge in [0.2, 0.25) is 10.0 Å². The van der Waals surface area contributed by atoms with Crippen LogP contribution in [0.3, 0.4) is 0 Å². The summed E-state index contributed by atoms with van der Waals surface area (Å²) >= 11 is 0. The summed E-state index contributed by atoms with van der Waals surface area (Å²) in [7, 11) is -3.66. The molecule has 3 aromatic carbocycles. The van der Waals surface area contributed by atoms with Gasteiger partial charge in [0.1, 0.15) is 18.5 Å². The van der Waals surface area contributed by atoms with Crippen molar-refractivity contribution in [3.8, 4) is 5.75 Å². The Labute approximate surface area is 171 Å². The smallest absolute Gasteiger partial charge is 0.243 e. The van der Waals surface area contributed by atoms with Crippen molar-refractivity contribution in [2.75, 3.05) is 17.5 Å². The highest BCUT2D eigenvalue weighted by atomic mass is 32.2. The Morgan fingerprint density at radius 2 is 1.55 bits per heavy atom. The highest BCUT2D eigenvalue weighted by molar-refractivity contribution is 7.92. The lowest BCUT2D eigenvalue weighted by Gasteiger charge is -2.25. The largest absolute Gasteiger partial charge is 0.491 e. The number of para-hydroxylation sites is 1. The molecule has 1 heterocycles. The second-order valence-electron chi connectivity index (χ2n) is 7.04. The van der Waals surface area contributed by atoms with E-state index in [-0.39, 0.29) is 11.9 Å². The van der Waals surface area contributed by atoms with Crippen LogP contribution < -0.4 is 9.04 Å². The van der Waals surface area contributed by atoms with Crippen LogP contribution in [0, 0.1) is 6.92 Å². The Morgan fingerprint density at radius 1 is 0.931 bits per heavy atom. The summed E-state index contributed by atoms with van der Waals surface area (Å²) in [4.78, 5) is 0. The lowest BCUT2D eigenvalue weighted by Crippen LogP contribution is -2.27. The third kappa shape index (κ3) is 4.78. The van der Waals surface area contributed by atoms with Crippen LogP contribution in [0.2, 0.25) is 0 Å². The Balaban J connectivity index is 1.65. The average Bonchev–Trinajstić information content (AvgIpc) is 3.54. The molecule has 0 spiro atoms. The van der Waals surface area contributed by atoms with E-state index < -0.39 is 10.0 Å². The Bertz CT molecular complexity index is 1060. The van der Waals surface area contributed by atoms with Crippen LogP contribution in [-0.2, 0) is 20.5 Å². The molecular weight excluding hydrogens is 386 g/mol. The molecule has 29 heavy (non-hydrogen) atoms. The van der Waals surface area contributed by atoms with Crippen LogP contribution in [0.15, 0.2) is 78.9 Å². The normalized spacial score (nSPS) is 15.7. The molecule has 4 rings (SSSR count). The van der Waals surface area contributed by atoms with Crippen molar-refractivity contribution in [3.63, 3.8) is 0 Å². The second-order valence-corrected chi connectivity index (χ2v) is 8.86. The minimum absolute atomic E-state index is 0.0775. The van der Waals surface area contributed by atoms with Gasteiger partial charge in [-0.05, 0) is 54.4 Å². The van der Waals surface area contributed by atoms with E-state index in [1.807, 2.05) is 49.4 Å². The monoisotopic (exact) mass is 409 g/mol. The molecule has 150 valence electrons. The highest BCUT2D eigenvalue weighted by Crippen LogP contribution is 2.32. The van der Waals surface area contributed by atoms with Gasteiger partial charge < -0.3 is 9.47 Å². The molecule has 0 aromatic heterocycles. The third-order valence-corrected chi connectivity index (χ3v) is 6.43. The van der Waals surface area contributed by atoms with Gasteiger partial charge in [-0.1, -0.05) is 42.5 Å². The zero-order chi connectivity index (χ0) is 20.3. The Morgan fingerprint density at radius 3 is 2.21 bits per heavy atom. The predicted octanol–water partition coefficient (Wildman–Crippen LogP) is 4.44. The molecule has 0 radical (unpaired) electrons. The Hall–Kier alpha value is -2.83. The van der Waals surface area contributed by atoms with Crippen LogP contribution >= 0.6 is 0 Å². The first-order valence-corrected chi connectivity index (χ1v) is 11.1. The fraction of sp³-hybridized carbons (Fsp3) is 0.217. The van der Waals surface area contributed by atoms with Crippen molar-refractivity contribution in [2.24, 2.45) is 0 Å². The zero-order valence-electron chi connectivity index (χ0n) is 16.2. The molecule has 0 aliphatic carbocycles. The Kier molecular flexibility index (Phi) is 5.56. The number of anilines is 2. The molecule has 1 aliphatic rings. The number of hydrogen-bond donors (Lipinski definition) is 0. The van der Waals surface area contributed by atoms with Crippen molar-refractivity contribution < 1.29 is 17.9 Å². The van der Waals surface area contributed by atoms with Crippen LogP contribution in [0.1, 0.15) is 11.1 Å². The molecule has 3 aromatic rings. The van der Waals surface area contributed by atoms with E-state index in [4.69, 9.17) is 9.47 Å². The number of aryl methyl sites for hydroxylation is 1. The summed E-state index contributed by atoms with van der Waals surface area (Å²) in [5.41, 5.74) is 2.91. The molecule has 1 atom stereocenters. The molecule has 6 heteroatoms. The molecule has 0 saturated carbocycles. The first-order chi connectivity index (χ1) is 14.0. The number of rotatable bonds is 8. The van der Waals surface area contributed by atoms with Crippen LogP contribution in [0.4, 0.5) is 11.4 Å². The van der Waals surface area contributed by atoms with Gasteiger partial charge in [-0.3, -0.25) is 0 Å². The summed E-state index contributed by atoms with van der Waals surface area (Å²) in [6.45, 7) is 3.16. The van der Waals surface area contributed by atoms with E-state index in [1.54, 1.807) is 36.4 Å². The summed E-state index contributed by atoms with van der Waals surface area (Å²) in [5.74, 6) is 0.611. The minimum Gasteiger partial charge on any atom is -0.491 e. The van der Waals surface area contributed by atoms with Crippen LogP contribution in [0.5, 0.6) is 5.75 Å². The lowest BCUT2D eigenvalue weighted by atomic mass is 10.1. The van der Waals surface area contributed by atoms with E-state index in [0.29, 0.717) is 23.7 Å². The molecule has 1 saturated heterocycles. The van der Waals surface area contributed by atoms with Crippen molar-refractivity contribution in [2.45, 2.75) is 18.8 Å². The first-order valence-electron chi connectivity index (χ1n) is 9.50. The molecule has 5 nitrogen and oxygen atoms in total. The van der Waals surface area contributed by atoms with Gasteiger partial charge in [0.05, 0.1) is 23.7 Å². The molecule has 1 aliphatic heterocycles. The average molecular weight is 410 g/mol. The minimum atomic E-state index is -3.66. The maximum atomic E-state index is 13.4. The molecule has 0 bridgehead atoms. The van der Waals surface area contributed by atoms with Crippen molar-refractivity contribution in [3.05, 3.63) is 90.0 Å². The number of benzene rings is 3. The number of nitrogens with zero attached hydrogens (tertiary/aromatic N) is 1. The molecule has 1 unspecified atom stereocenters. The van der Waals surface area contributed by atoms with Gasteiger partial charge in [-0.2, -0.15) is 0 Å². The highest BCUT2D eigenvalue weighted by Gasteiger charge is 2.26. The van der Waals surface area contributed by atoms with E-state index in [1.165, 1.54) is 4.31 Å². The van der Waals surface area contributed by atoms with Crippen LogP contribution in [-0.4, -0.2) is 27.7 Å². The van der Waals surface area contributed by atoms with E-state index >= 15 is 0 Å². The van der Waals surface area contributed by atoms with Gasteiger partial charge in [-0.15, -0.1) is 0 Å². The zero-order valence-corrected chi connectivity index (χ0v) is 17.0. The van der Waals surface area contributed by atoms with Crippen molar-refractivity contribution in [1.29, 1.82) is 0 Å². The fourth-order valence-corrected chi connectivity index (χ4v) is 4.83. The summed E-state index contributed by atoms with van der Waals surface area (Å²) < 4.78 is 39.1. The van der Waals surface area contributed by atoms with Crippen molar-refractivity contribution in [1.82, 2.24) is 0 Å².